The van der Waals surface area contributed by atoms with E-state index in [0.29, 0.717) is 23.1 Å². The zero-order valence-corrected chi connectivity index (χ0v) is 21.5. The average Bonchev–Trinajstić information content (AvgIpc) is 3.20. The number of benzene rings is 2. The molecule has 0 aliphatic carbocycles. The molecule has 0 aliphatic heterocycles. The van der Waals surface area contributed by atoms with Crippen molar-refractivity contribution in [1.29, 1.82) is 0 Å². The van der Waals surface area contributed by atoms with E-state index in [9.17, 15) is 9.59 Å². The molecular formula is C26H33N5O2S. The van der Waals surface area contributed by atoms with Gasteiger partial charge >= 0.3 is 0 Å². The Morgan fingerprint density at radius 1 is 1.03 bits per heavy atom. The second-order valence-electron chi connectivity index (χ2n) is 8.79. The molecule has 0 radical (unpaired) electrons. The lowest BCUT2D eigenvalue weighted by Crippen LogP contribution is -2.33. The second-order valence-corrected chi connectivity index (χ2v) is 9.73. The van der Waals surface area contributed by atoms with Crippen LogP contribution in [-0.4, -0.2) is 32.3 Å². The first-order valence-corrected chi connectivity index (χ1v) is 12.5. The Kier molecular flexibility index (Phi) is 8.50. The summed E-state index contributed by atoms with van der Waals surface area (Å²) in [5.74, 6) is 0.765. The third-order valence-electron chi connectivity index (χ3n) is 5.70. The predicted octanol–water partition coefficient (Wildman–Crippen LogP) is 5.08. The van der Waals surface area contributed by atoms with Crippen molar-refractivity contribution in [3.05, 3.63) is 70.5 Å². The van der Waals surface area contributed by atoms with Gasteiger partial charge in [0.15, 0.2) is 11.0 Å². The topological polar surface area (TPSA) is 88.9 Å². The Balaban J connectivity index is 1.71. The van der Waals surface area contributed by atoms with Crippen molar-refractivity contribution >= 4 is 29.3 Å². The number of aromatic nitrogens is 3. The van der Waals surface area contributed by atoms with Gasteiger partial charge in [-0.25, -0.2) is 0 Å². The molecule has 1 atom stereocenters. The highest BCUT2D eigenvalue weighted by Crippen LogP contribution is 2.26. The number of thioether (sulfide) groups is 1. The zero-order chi connectivity index (χ0) is 24.8. The highest BCUT2D eigenvalue weighted by atomic mass is 32.2. The second kappa shape index (κ2) is 11.3. The SMILES string of the molecule is CCn1c(SCC(=O)Nc2ccc(C)c(C)c2)nnc1[C@@H](NC(=O)c1cccc(C)c1)C(C)C. The molecule has 2 amide bonds. The van der Waals surface area contributed by atoms with Crippen LogP contribution in [0.4, 0.5) is 5.69 Å². The Labute approximate surface area is 205 Å². The fraction of sp³-hybridized carbons (Fsp3) is 0.385. The molecule has 3 rings (SSSR count). The van der Waals surface area contributed by atoms with Crippen LogP contribution in [0.25, 0.3) is 0 Å². The lowest BCUT2D eigenvalue weighted by molar-refractivity contribution is -0.113. The fourth-order valence-electron chi connectivity index (χ4n) is 3.62. The Bertz CT molecular complexity index is 1170. The number of carbonyl (C=O) groups excluding carboxylic acids is 2. The summed E-state index contributed by atoms with van der Waals surface area (Å²) < 4.78 is 1.97. The van der Waals surface area contributed by atoms with E-state index in [1.807, 2.05) is 82.5 Å². The minimum absolute atomic E-state index is 0.103. The van der Waals surface area contributed by atoms with Gasteiger partial charge in [0.2, 0.25) is 5.91 Å². The van der Waals surface area contributed by atoms with Crippen molar-refractivity contribution in [1.82, 2.24) is 20.1 Å². The van der Waals surface area contributed by atoms with Gasteiger partial charge in [-0.2, -0.15) is 0 Å². The molecule has 34 heavy (non-hydrogen) atoms. The Morgan fingerprint density at radius 2 is 1.79 bits per heavy atom. The van der Waals surface area contributed by atoms with Gasteiger partial charge in [0.1, 0.15) is 0 Å². The van der Waals surface area contributed by atoms with Gasteiger partial charge in [-0.05, 0) is 69.0 Å². The summed E-state index contributed by atoms with van der Waals surface area (Å²) in [6.45, 7) is 12.7. The first-order chi connectivity index (χ1) is 16.2. The summed E-state index contributed by atoms with van der Waals surface area (Å²) in [6, 6.07) is 13.1. The van der Waals surface area contributed by atoms with Crippen LogP contribution in [0.1, 0.15) is 59.7 Å². The minimum Gasteiger partial charge on any atom is -0.342 e. The molecular weight excluding hydrogens is 446 g/mol. The lowest BCUT2D eigenvalue weighted by Gasteiger charge is -2.22. The van der Waals surface area contributed by atoms with E-state index in [1.54, 1.807) is 6.07 Å². The number of hydrogen-bond donors (Lipinski definition) is 2. The third-order valence-corrected chi connectivity index (χ3v) is 6.66. The smallest absolute Gasteiger partial charge is 0.251 e. The van der Waals surface area contributed by atoms with Crippen LogP contribution in [0, 0.1) is 26.7 Å². The van der Waals surface area contributed by atoms with E-state index in [0.717, 1.165) is 16.8 Å². The van der Waals surface area contributed by atoms with Crippen LogP contribution in [-0.2, 0) is 11.3 Å². The molecule has 8 heteroatoms. The first-order valence-electron chi connectivity index (χ1n) is 11.5. The number of hydrogen-bond acceptors (Lipinski definition) is 5. The minimum atomic E-state index is -0.306. The van der Waals surface area contributed by atoms with Crippen molar-refractivity contribution in [3.8, 4) is 0 Å². The Morgan fingerprint density at radius 3 is 2.44 bits per heavy atom. The Hall–Kier alpha value is -3.13. The standard InChI is InChI=1S/C26H33N5O2S/c1-7-31-24(23(16(2)3)28-25(33)20-10-8-9-17(4)13-20)29-30-26(31)34-15-22(32)27-21-12-11-18(5)19(6)14-21/h8-14,16,23H,7,15H2,1-6H3,(H,27,32)(H,28,33)/t23-/m0/s1. The van der Waals surface area contributed by atoms with Gasteiger partial charge in [0, 0.05) is 17.8 Å². The van der Waals surface area contributed by atoms with Crippen LogP contribution in [0.3, 0.4) is 0 Å². The van der Waals surface area contributed by atoms with Crippen molar-refractivity contribution in [2.24, 2.45) is 5.92 Å². The van der Waals surface area contributed by atoms with Crippen LogP contribution in [0.5, 0.6) is 0 Å². The van der Waals surface area contributed by atoms with Crippen molar-refractivity contribution < 1.29 is 9.59 Å². The molecule has 2 N–H and O–H groups in total. The van der Waals surface area contributed by atoms with E-state index in [-0.39, 0.29) is 29.5 Å². The van der Waals surface area contributed by atoms with Gasteiger partial charge in [0.05, 0.1) is 11.8 Å². The van der Waals surface area contributed by atoms with Crippen LogP contribution < -0.4 is 10.6 Å². The van der Waals surface area contributed by atoms with E-state index in [1.165, 1.54) is 17.3 Å². The summed E-state index contributed by atoms with van der Waals surface area (Å²) in [7, 11) is 0. The van der Waals surface area contributed by atoms with Crippen LogP contribution in [0.2, 0.25) is 0 Å². The first kappa shape index (κ1) is 25.5. The van der Waals surface area contributed by atoms with Gasteiger partial charge in [-0.3, -0.25) is 9.59 Å². The monoisotopic (exact) mass is 479 g/mol. The van der Waals surface area contributed by atoms with E-state index in [2.05, 4.69) is 20.8 Å². The maximum atomic E-state index is 12.9. The molecule has 0 fully saturated rings. The normalized spacial score (nSPS) is 12.0. The molecule has 0 bridgehead atoms. The number of nitrogens with zero attached hydrogens (tertiary/aromatic N) is 3. The zero-order valence-electron chi connectivity index (χ0n) is 20.7. The molecule has 3 aromatic rings. The highest BCUT2D eigenvalue weighted by Gasteiger charge is 2.26. The number of aryl methyl sites for hydroxylation is 3. The molecule has 0 spiro atoms. The molecule has 0 aliphatic rings. The molecule has 0 saturated heterocycles. The largest absolute Gasteiger partial charge is 0.342 e. The van der Waals surface area contributed by atoms with Crippen molar-refractivity contribution in [2.75, 3.05) is 11.1 Å². The van der Waals surface area contributed by atoms with Crippen molar-refractivity contribution in [3.63, 3.8) is 0 Å². The van der Waals surface area contributed by atoms with Crippen LogP contribution >= 0.6 is 11.8 Å². The van der Waals surface area contributed by atoms with E-state index >= 15 is 0 Å². The number of carbonyl (C=O) groups is 2. The summed E-state index contributed by atoms with van der Waals surface area (Å²) in [6.07, 6.45) is 0. The number of anilines is 1. The van der Waals surface area contributed by atoms with Gasteiger partial charge < -0.3 is 15.2 Å². The molecule has 1 heterocycles. The fourth-order valence-corrected chi connectivity index (χ4v) is 4.43. The summed E-state index contributed by atoms with van der Waals surface area (Å²) >= 11 is 1.34. The molecule has 0 unspecified atom stereocenters. The maximum Gasteiger partial charge on any atom is 0.251 e. The highest BCUT2D eigenvalue weighted by molar-refractivity contribution is 7.99. The lowest BCUT2D eigenvalue weighted by atomic mass is 10.0. The van der Waals surface area contributed by atoms with Crippen LogP contribution in [0.15, 0.2) is 47.6 Å². The van der Waals surface area contributed by atoms with Gasteiger partial charge in [0.25, 0.3) is 5.91 Å². The molecule has 1 aromatic heterocycles. The van der Waals surface area contributed by atoms with Gasteiger partial charge in [-0.15, -0.1) is 10.2 Å². The predicted molar refractivity (Wildman–Crippen MR) is 137 cm³/mol. The summed E-state index contributed by atoms with van der Waals surface area (Å²) in [5, 5.41) is 15.5. The van der Waals surface area contributed by atoms with Crippen molar-refractivity contribution in [2.45, 2.75) is 59.3 Å². The maximum absolute atomic E-state index is 12.9. The summed E-state index contributed by atoms with van der Waals surface area (Å²) in [4.78, 5) is 25.4. The third kappa shape index (κ3) is 6.26. The number of amides is 2. The average molecular weight is 480 g/mol. The molecule has 0 saturated carbocycles. The molecule has 7 nitrogen and oxygen atoms in total. The molecule has 180 valence electrons. The van der Waals surface area contributed by atoms with E-state index < -0.39 is 0 Å². The number of rotatable bonds is 9. The quantitative estimate of drug-likeness (QED) is 0.418. The van der Waals surface area contributed by atoms with E-state index in [4.69, 9.17) is 0 Å². The molecule has 2 aromatic carbocycles. The van der Waals surface area contributed by atoms with Gasteiger partial charge in [-0.1, -0.05) is 49.4 Å². The number of nitrogens with one attached hydrogen (secondary N) is 2. The summed E-state index contributed by atoms with van der Waals surface area (Å²) in [5.41, 5.74) is 4.75.